The molecule has 1 unspecified atom stereocenters. The van der Waals surface area contributed by atoms with Gasteiger partial charge in [0.1, 0.15) is 0 Å². The van der Waals surface area contributed by atoms with E-state index < -0.39 is 0 Å². The number of aromatic nitrogens is 2. The third-order valence-electron chi connectivity index (χ3n) is 4.21. The van der Waals surface area contributed by atoms with Crippen molar-refractivity contribution < 1.29 is 4.79 Å². The summed E-state index contributed by atoms with van der Waals surface area (Å²) < 4.78 is 1.77. The maximum absolute atomic E-state index is 12.6. The first-order valence-electron chi connectivity index (χ1n) is 8.21. The van der Waals surface area contributed by atoms with Crippen molar-refractivity contribution in [3.05, 3.63) is 83.4 Å². The van der Waals surface area contributed by atoms with Crippen molar-refractivity contribution in [1.29, 1.82) is 0 Å². The van der Waals surface area contributed by atoms with Gasteiger partial charge in [0.05, 0.1) is 5.69 Å². The summed E-state index contributed by atoms with van der Waals surface area (Å²) >= 11 is 0. The summed E-state index contributed by atoms with van der Waals surface area (Å²) in [5.41, 5.74) is 5.22. The maximum Gasteiger partial charge on any atom is 0.194 e. The van der Waals surface area contributed by atoms with Crippen LogP contribution in [0.25, 0.3) is 5.70 Å². The highest BCUT2D eigenvalue weighted by Gasteiger charge is 2.16. The molecular weight excluding hydrogens is 310 g/mol. The molecule has 1 aromatic heterocycles. The van der Waals surface area contributed by atoms with Crippen LogP contribution >= 0.6 is 0 Å². The number of nitrogens with zero attached hydrogens (tertiary/aromatic N) is 3. The number of hydrogen-bond donors (Lipinski definition) is 0. The van der Waals surface area contributed by atoms with Gasteiger partial charge < -0.3 is 0 Å². The van der Waals surface area contributed by atoms with Crippen molar-refractivity contribution in [3.63, 3.8) is 0 Å². The monoisotopic (exact) mass is 331 g/mol. The molecule has 0 radical (unpaired) electrons. The molecule has 0 fully saturated rings. The predicted molar refractivity (Wildman–Crippen MR) is 102 cm³/mol. The van der Waals surface area contributed by atoms with Gasteiger partial charge in [0.2, 0.25) is 0 Å². The lowest BCUT2D eigenvalue weighted by Crippen LogP contribution is -2.01. The Balaban J connectivity index is 1.84. The van der Waals surface area contributed by atoms with Gasteiger partial charge in [0, 0.05) is 46.9 Å². The Labute approximate surface area is 147 Å². The molecule has 1 aliphatic rings. The lowest BCUT2D eigenvalue weighted by Gasteiger charge is -2.04. The third kappa shape index (κ3) is 3.58. The van der Waals surface area contributed by atoms with E-state index in [-0.39, 0.29) is 11.7 Å². The summed E-state index contributed by atoms with van der Waals surface area (Å²) in [5, 5.41) is 4.46. The Morgan fingerprint density at radius 2 is 1.92 bits per heavy atom. The number of ketones is 1. The Morgan fingerprint density at radius 1 is 1.20 bits per heavy atom. The van der Waals surface area contributed by atoms with Crippen molar-refractivity contribution >= 4 is 17.7 Å². The standard InChI is InChI=1S/C21H21N3O/c1-14(2)24-13-20(16(4)23-24)18-9-10-19(12-22-11-18)21(25)17-7-5-15(3)6-8-17/h5-13,18H,1H2,2-4H3. The number of benzene rings is 1. The summed E-state index contributed by atoms with van der Waals surface area (Å²) in [4.78, 5) is 17.0. The molecule has 1 aromatic carbocycles. The predicted octanol–water partition coefficient (Wildman–Crippen LogP) is 4.48. The van der Waals surface area contributed by atoms with Crippen LogP contribution < -0.4 is 0 Å². The van der Waals surface area contributed by atoms with E-state index in [2.05, 4.69) is 16.7 Å². The number of allylic oxidation sites excluding steroid dienone is 4. The van der Waals surface area contributed by atoms with E-state index in [1.807, 2.05) is 69.6 Å². The molecule has 2 aromatic rings. The molecule has 0 saturated carbocycles. The fraction of sp³-hybridized carbons (Fsp3) is 0.190. The van der Waals surface area contributed by atoms with Crippen molar-refractivity contribution in [2.75, 3.05) is 0 Å². The molecule has 4 nitrogen and oxygen atoms in total. The first kappa shape index (κ1) is 16.8. The number of aliphatic imine (C=N–C) groups is 1. The first-order chi connectivity index (χ1) is 12.0. The molecule has 0 saturated heterocycles. The van der Waals surface area contributed by atoms with Crippen molar-refractivity contribution in [2.24, 2.45) is 4.99 Å². The lowest BCUT2D eigenvalue weighted by molar-refractivity contribution is 0.103. The highest BCUT2D eigenvalue weighted by Crippen LogP contribution is 2.23. The number of carbonyl (C=O) groups excluding carboxylic acids is 1. The van der Waals surface area contributed by atoms with Gasteiger partial charge >= 0.3 is 0 Å². The molecule has 1 atom stereocenters. The SMILES string of the molecule is C=C(C)n1cc(C2C=CC(C(=O)c3ccc(C)cc3)=CN=C2)c(C)n1. The average Bonchev–Trinajstić information content (AvgIpc) is 2.82. The largest absolute Gasteiger partial charge is 0.289 e. The summed E-state index contributed by atoms with van der Waals surface area (Å²) in [7, 11) is 0. The summed E-state index contributed by atoms with van der Waals surface area (Å²) in [5.74, 6) is -0.0453. The minimum Gasteiger partial charge on any atom is -0.289 e. The lowest BCUT2D eigenvalue weighted by atomic mass is 9.98. The normalized spacial score (nSPS) is 16.4. The fourth-order valence-corrected chi connectivity index (χ4v) is 2.70. The Morgan fingerprint density at radius 3 is 2.56 bits per heavy atom. The van der Waals surface area contributed by atoms with Crippen molar-refractivity contribution in [3.8, 4) is 0 Å². The van der Waals surface area contributed by atoms with Crippen LogP contribution in [0, 0.1) is 13.8 Å². The van der Waals surface area contributed by atoms with Crippen LogP contribution in [-0.4, -0.2) is 21.8 Å². The van der Waals surface area contributed by atoms with Crippen LogP contribution in [0.2, 0.25) is 0 Å². The molecule has 126 valence electrons. The van der Waals surface area contributed by atoms with Gasteiger partial charge in [-0.25, -0.2) is 4.68 Å². The van der Waals surface area contributed by atoms with Gasteiger partial charge in [-0.1, -0.05) is 48.6 Å². The summed E-state index contributed by atoms with van der Waals surface area (Å²) in [6.45, 7) is 9.79. The Kier molecular flexibility index (Phi) is 4.61. The number of carbonyl (C=O) groups is 1. The number of hydrogen-bond acceptors (Lipinski definition) is 3. The zero-order chi connectivity index (χ0) is 18.0. The molecule has 0 N–H and O–H groups in total. The number of aryl methyl sites for hydroxylation is 2. The van der Waals surface area contributed by atoms with Gasteiger partial charge in [-0.2, -0.15) is 5.10 Å². The van der Waals surface area contributed by atoms with E-state index in [0.29, 0.717) is 11.1 Å². The second kappa shape index (κ2) is 6.85. The van der Waals surface area contributed by atoms with Crippen LogP contribution in [-0.2, 0) is 0 Å². The smallest absolute Gasteiger partial charge is 0.194 e. The Bertz CT molecular complexity index is 911. The van der Waals surface area contributed by atoms with Crippen LogP contribution in [0.5, 0.6) is 0 Å². The fourth-order valence-electron chi connectivity index (χ4n) is 2.70. The topological polar surface area (TPSA) is 47.2 Å². The molecule has 4 heteroatoms. The minimum atomic E-state index is -0.0246. The maximum atomic E-state index is 12.6. The molecule has 3 rings (SSSR count). The minimum absolute atomic E-state index is 0.0207. The first-order valence-corrected chi connectivity index (χ1v) is 8.21. The third-order valence-corrected chi connectivity index (χ3v) is 4.21. The van der Waals surface area contributed by atoms with E-state index >= 15 is 0 Å². The van der Waals surface area contributed by atoms with Gasteiger partial charge in [-0.05, 0) is 20.8 Å². The highest BCUT2D eigenvalue weighted by atomic mass is 16.1. The van der Waals surface area contributed by atoms with Crippen molar-refractivity contribution in [1.82, 2.24) is 9.78 Å². The van der Waals surface area contributed by atoms with Crippen LogP contribution in [0.1, 0.15) is 40.0 Å². The molecule has 2 heterocycles. The van der Waals surface area contributed by atoms with Crippen LogP contribution in [0.4, 0.5) is 0 Å². The second-order valence-corrected chi connectivity index (χ2v) is 6.31. The van der Waals surface area contributed by atoms with E-state index in [4.69, 9.17) is 0 Å². The number of rotatable bonds is 4. The highest BCUT2D eigenvalue weighted by molar-refractivity contribution is 6.10. The zero-order valence-corrected chi connectivity index (χ0v) is 14.7. The van der Waals surface area contributed by atoms with Gasteiger partial charge in [0.25, 0.3) is 0 Å². The van der Waals surface area contributed by atoms with E-state index in [0.717, 1.165) is 22.5 Å². The molecule has 0 amide bonds. The van der Waals surface area contributed by atoms with E-state index in [9.17, 15) is 4.79 Å². The van der Waals surface area contributed by atoms with Crippen molar-refractivity contribution in [2.45, 2.75) is 26.7 Å². The molecule has 0 aliphatic carbocycles. The summed E-state index contributed by atoms with van der Waals surface area (Å²) in [6, 6.07) is 7.57. The van der Waals surface area contributed by atoms with Gasteiger partial charge in [0.15, 0.2) is 5.78 Å². The molecule has 25 heavy (non-hydrogen) atoms. The molecule has 0 spiro atoms. The second-order valence-electron chi connectivity index (χ2n) is 6.31. The quantitative estimate of drug-likeness (QED) is 0.775. The van der Waals surface area contributed by atoms with Crippen LogP contribution in [0.15, 0.2) is 66.0 Å². The number of Topliss-reactive ketones (excluding diaryl/α,β-unsaturated/α-hetero) is 1. The van der Waals surface area contributed by atoms with Gasteiger partial charge in [-0.15, -0.1) is 0 Å². The molecular formula is C21H21N3O. The molecule has 1 aliphatic heterocycles. The molecule has 0 bridgehead atoms. The zero-order valence-electron chi connectivity index (χ0n) is 14.7. The van der Waals surface area contributed by atoms with Gasteiger partial charge in [-0.3, -0.25) is 9.79 Å². The van der Waals surface area contributed by atoms with E-state index in [1.165, 1.54) is 0 Å². The average molecular weight is 331 g/mol. The van der Waals surface area contributed by atoms with E-state index in [1.54, 1.807) is 10.9 Å². The van der Waals surface area contributed by atoms with Crippen LogP contribution in [0.3, 0.4) is 0 Å². The Hall–Kier alpha value is -3.01. The summed E-state index contributed by atoms with van der Waals surface area (Å²) in [6.07, 6.45) is 9.25.